The molecule has 1 aromatic carbocycles. The lowest BCUT2D eigenvalue weighted by atomic mass is 10.2. The molecule has 0 aliphatic heterocycles. The van der Waals surface area contributed by atoms with Crippen molar-refractivity contribution in [2.75, 3.05) is 5.73 Å². The van der Waals surface area contributed by atoms with Crippen LogP contribution in [0.3, 0.4) is 0 Å². The van der Waals surface area contributed by atoms with Crippen LogP contribution in [0.5, 0.6) is 11.6 Å². The number of hydrogen-bond donors (Lipinski definition) is 1. The van der Waals surface area contributed by atoms with Gasteiger partial charge >= 0.3 is 0 Å². The van der Waals surface area contributed by atoms with Gasteiger partial charge in [-0.25, -0.2) is 9.37 Å². The van der Waals surface area contributed by atoms with Crippen LogP contribution in [0.2, 0.25) is 5.02 Å². The Balaban J connectivity index is 2.31. The maximum atomic E-state index is 13.3. The molecule has 2 rings (SSSR count). The molecule has 0 amide bonds. The topological polar surface area (TPSA) is 61.0 Å². The summed E-state index contributed by atoms with van der Waals surface area (Å²) in [5, 5.41) is 0.105. The van der Waals surface area contributed by atoms with E-state index in [2.05, 4.69) is 9.97 Å². The van der Waals surface area contributed by atoms with Gasteiger partial charge in [0, 0.05) is 6.07 Å². The summed E-state index contributed by atoms with van der Waals surface area (Å²) in [5.74, 6) is 0.153. The molecule has 17 heavy (non-hydrogen) atoms. The molecule has 0 saturated heterocycles. The fourth-order valence-corrected chi connectivity index (χ4v) is 1.32. The third-order valence-electron chi connectivity index (χ3n) is 2.14. The first-order valence-electron chi connectivity index (χ1n) is 4.78. The smallest absolute Gasteiger partial charge is 0.243 e. The lowest BCUT2D eigenvalue weighted by Gasteiger charge is -2.07. The molecule has 0 aliphatic carbocycles. The van der Waals surface area contributed by atoms with E-state index in [4.69, 9.17) is 22.1 Å². The van der Waals surface area contributed by atoms with Crippen molar-refractivity contribution in [3.05, 3.63) is 40.9 Å². The van der Waals surface area contributed by atoms with Crippen LogP contribution >= 0.6 is 11.6 Å². The summed E-state index contributed by atoms with van der Waals surface area (Å²) in [6.07, 6.45) is 1.22. The van der Waals surface area contributed by atoms with Crippen LogP contribution in [0.1, 0.15) is 5.56 Å². The van der Waals surface area contributed by atoms with E-state index in [-0.39, 0.29) is 22.5 Å². The molecule has 0 spiro atoms. The minimum atomic E-state index is -0.361. The Labute approximate surface area is 102 Å². The van der Waals surface area contributed by atoms with Gasteiger partial charge in [0.1, 0.15) is 28.7 Å². The minimum Gasteiger partial charge on any atom is -0.437 e. The first-order chi connectivity index (χ1) is 8.08. The summed E-state index contributed by atoms with van der Waals surface area (Å²) in [6.45, 7) is 1.66. The van der Waals surface area contributed by atoms with Crippen LogP contribution in [0.4, 0.5) is 10.2 Å². The number of nitrogens with two attached hydrogens (primary N) is 1. The number of hydrogen-bond acceptors (Lipinski definition) is 4. The van der Waals surface area contributed by atoms with Crippen LogP contribution in [0, 0.1) is 12.7 Å². The average Bonchev–Trinajstić information content (AvgIpc) is 2.30. The van der Waals surface area contributed by atoms with Gasteiger partial charge in [-0.1, -0.05) is 17.7 Å². The summed E-state index contributed by atoms with van der Waals surface area (Å²) in [6, 6.07) is 4.47. The number of halogens is 2. The van der Waals surface area contributed by atoms with Crippen molar-refractivity contribution in [3.63, 3.8) is 0 Å². The van der Waals surface area contributed by atoms with E-state index in [0.29, 0.717) is 11.3 Å². The van der Waals surface area contributed by atoms with Crippen LogP contribution in [-0.4, -0.2) is 9.97 Å². The van der Waals surface area contributed by atoms with Crippen molar-refractivity contribution < 1.29 is 9.13 Å². The third kappa shape index (κ3) is 2.45. The van der Waals surface area contributed by atoms with Gasteiger partial charge in [0.2, 0.25) is 5.88 Å². The lowest BCUT2D eigenvalue weighted by Crippen LogP contribution is -1.96. The highest BCUT2D eigenvalue weighted by Crippen LogP contribution is 2.30. The lowest BCUT2D eigenvalue weighted by molar-refractivity contribution is 0.457. The quantitative estimate of drug-likeness (QED) is 0.894. The zero-order valence-electron chi connectivity index (χ0n) is 8.95. The van der Waals surface area contributed by atoms with E-state index in [1.54, 1.807) is 19.1 Å². The second-order valence-corrected chi connectivity index (χ2v) is 3.77. The largest absolute Gasteiger partial charge is 0.437 e. The van der Waals surface area contributed by atoms with Gasteiger partial charge in [0.05, 0.1) is 0 Å². The maximum Gasteiger partial charge on any atom is 0.243 e. The normalized spacial score (nSPS) is 10.3. The number of nitrogen functional groups attached to an aromatic ring is 1. The Kier molecular flexibility index (Phi) is 3.10. The monoisotopic (exact) mass is 253 g/mol. The number of benzene rings is 1. The molecule has 0 radical (unpaired) electrons. The number of nitrogens with zero attached hydrogens (tertiary/aromatic N) is 2. The van der Waals surface area contributed by atoms with E-state index in [1.165, 1.54) is 12.4 Å². The summed E-state index contributed by atoms with van der Waals surface area (Å²) >= 11 is 5.85. The van der Waals surface area contributed by atoms with Gasteiger partial charge in [-0.2, -0.15) is 4.98 Å². The molecule has 0 atom stereocenters. The summed E-state index contributed by atoms with van der Waals surface area (Å²) < 4.78 is 18.6. The average molecular weight is 254 g/mol. The summed E-state index contributed by atoms with van der Waals surface area (Å²) in [4.78, 5) is 7.51. The van der Waals surface area contributed by atoms with Crippen molar-refractivity contribution in [3.8, 4) is 11.6 Å². The van der Waals surface area contributed by atoms with Gasteiger partial charge in [-0.3, -0.25) is 0 Å². The fraction of sp³-hybridized carbons (Fsp3) is 0.0909. The van der Waals surface area contributed by atoms with Crippen molar-refractivity contribution >= 4 is 17.4 Å². The second-order valence-electron chi connectivity index (χ2n) is 3.39. The van der Waals surface area contributed by atoms with Gasteiger partial charge in [0.15, 0.2) is 0 Å². The highest BCUT2D eigenvalue weighted by atomic mass is 35.5. The van der Waals surface area contributed by atoms with Crippen molar-refractivity contribution in [1.82, 2.24) is 9.97 Å². The molecule has 88 valence electrons. The Morgan fingerprint density at radius 1 is 1.35 bits per heavy atom. The maximum absolute atomic E-state index is 13.3. The molecule has 0 aliphatic rings. The van der Waals surface area contributed by atoms with Crippen LogP contribution in [0.25, 0.3) is 0 Å². The fourth-order valence-electron chi connectivity index (χ4n) is 1.19. The molecule has 0 fully saturated rings. The number of aryl methyl sites for hydroxylation is 1. The van der Waals surface area contributed by atoms with E-state index >= 15 is 0 Å². The predicted molar refractivity (Wildman–Crippen MR) is 62.7 cm³/mol. The van der Waals surface area contributed by atoms with Gasteiger partial charge in [-0.15, -0.1) is 0 Å². The molecule has 1 heterocycles. The van der Waals surface area contributed by atoms with Gasteiger partial charge in [0.25, 0.3) is 0 Å². The van der Waals surface area contributed by atoms with E-state index in [1.807, 2.05) is 0 Å². The summed E-state index contributed by atoms with van der Waals surface area (Å²) in [5.41, 5.74) is 6.02. The van der Waals surface area contributed by atoms with Crippen molar-refractivity contribution in [2.24, 2.45) is 0 Å². The predicted octanol–water partition coefficient (Wildman–Crippen LogP) is 2.95. The zero-order valence-corrected chi connectivity index (χ0v) is 9.70. The first-order valence-corrected chi connectivity index (χ1v) is 5.15. The first kappa shape index (κ1) is 11.6. The highest BCUT2D eigenvalue weighted by Gasteiger charge is 2.09. The zero-order chi connectivity index (χ0) is 12.4. The Bertz CT molecular complexity index is 562. The molecule has 0 bridgehead atoms. The molecule has 2 aromatic rings. The minimum absolute atomic E-state index is 0.0995. The van der Waals surface area contributed by atoms with E-state index < -0.39 is 0 Å². The second kappa shape index (κ2) is 4.55. The number of aromatic nitrogens is 2. The third-order valence-corrected chi connectivity index (χ3v) is 2.50. The number of rotatable bonds is 2. The highest BCUT2D eigenvalue weighted by molar-refractivity contribution is 6.34. The SMILES string of the molecule is Cc1ccc(Oc2ncnc(N)c2Cl)cc1F. The standard InChI is InChI=1S/C11H9ClFN3O/c1-6-2-3-7(4-8(6)13)17-11-9(12)10(14)15-5-16-11/h2-5H,1H3,(H2,14,15,16). The molecule has 0 saturated carbocycles. The number of anilines is 1. The molecule has 2 N–H and O–H groups in total. The van der Waals surface area contributed by atoms with E-state index in [0.717, 1.165) is 0 Å². The molecule has 1 aromatic heterocycles. The van der Waals surface area contributed by atoms with Crippen LogP contribution < -0.4 is 10.5 Å². The molecule has 6 heteroatoms. The van der Waals surface area contributed by atoms with Crippen molar-refractivity contribution in [2.45, 2.75) is 6.92 Å². The van der Waals surface area contributed by atoms with Crippen molar-refractivity contribution in [1.29, 1.82) is 0 Å². The number of ether oxygens (including phenoxy) is 1. The molecular weight excluding hydrogens is 245 g/mol. The summed E-state index contributed by atoms with van der Waals surface area (Å²) in [7, 11) is 0. The molecule has 4 nitrogen and oxygen atoms in total. The van der Waals surface area contributed by atoms with Gasteiger partial charge < -0.3 is 10.5 Å². The molecular formula is C11H9ClFN3O. The van der Waals surface area contributed by atoms with E-state index in [9.17, 15) is 4.39 Å². The Hall–Kier alpha value is -1.88. The molecule has 0 unspecified atom stereocenters. The Morgan fingerprint density at radius 3 is 2.82 bits per heavy atom. The van der Waals surface area contributed by atoms with Gasteiger partial charge in [-0.05, 0) is 18.6 Å². The van der Waals surface area contributed by atoms with Crippen LogP contribution in [0.15, 0.2) is 24.5 Å². The van der Waals surface area contributed by atoms with Crippen LogP contribution in [-0.2, 0) is 0 Å². The Morgan fingerprint density at radius 2 is 2.12 bits per heavy atom.